The van der Waals surface area contributed by atoms with Crippen LogP contribution < -0.4 is 0 Å². The Bertz CT molecular complexity index is 559. The summed E-state index contributed by atoms with van der Waals surface area (Å²) in [6.07, 6.45) is 1.21. The van der Waals surface area contributed by atoms with Gasteiger partial charge in [-0.25, -0.2) is 12.7 Å². The number of nitrogens with zero attached hydrogens (tertiary/aromatic N) is 1. The number of benzene rings is 1. The number of ether oxygens (including phenoxy) is 1. The number of hydrogen-bond acceptors (Lipinski definition) is 3. The van der Waals surface area contributed by atoms with Crippen LogP contribution in [0.4, 0.5) is 0 Å². The average Bonchev–Trinajstić information content (AvgIpc) is 2.39. The van der Waals surface area contributed by atoms with Gasteiger partial charge < -0.3 is 4.74 Å². The van der Waals surface area contributed by atoms with E-state index in [1.54, 1.807) is 14.1 Å². The van der Waals surface area contributed by atoms with Gasteiger partial charge in [0.15, 0.2) is 0 Å². The summed E-state index contributed by atoms with van der Waals surface area (Å²) in [7, 11) is -0.0899. The molecule has 112 valence electrons. The Balaban J connectivity index is 2.20. The number of sulfonamides is 1. The molecule has 0 radical (unpaired) electrons. The van der Waals surface area contributed by atoms with Crippen LogP contribution in [0, 0.1) is 5.92 Å². The first-order valence-corrected chi connectivity index (χ1v) is 8.53. The molecule has 1 aromatic rings. The van der Waals surface area contributed by atoms with Crippen LogP contribution in [0.5, 0.6) is 0 Å². The molecule has 1 saturated heterocycles. The maximum absolute atomic E-state index is 12.4. The van der Waals surface area contributed by atoms with Crippen molar-refractivity contribution in [3.05, 3.63) is 34.9 Å². The minimum Gasteiger partial charge on any atom is -0.381 e. The van der Waals surface area contributed by atoms with Crippen LogP contribution >= 0.6 is 11.6 Å². The van der Waals surface area contributed by atoms with Crippen LogP contribution in [0.1, 0.15) is 12.0 Å². The van der Waals surface area contributed by atoms with Gasteiger partial charge in [-0.3, -0.25) is 0 Å². The highest BCUT2D eigenvalue weighted by molar-refractivity contribution is 7.89. The molecule has 0 amide bonds. The van der Waals surface area contributed by atoms with Gasteiger partial charge in [-0.15, -0.1) is 0 Å². The van der Waals surface area contributed by atoms with Crippen LogP contribution in [-0.4, -0.2) is 45.3 Å². The van der Waals surface area contributed by atoms with E-state index in [-0.39, 0.29) is 11.2 Å². The molecule has 6 heteroatoms. The molecular weight excluding hydrogens is 298 g/mol. The molecule has 1 aliphatic rings. The predicted octanol–water partition coefficient (Wildman–Crippen LogP) is 2.18. The quantitative estimate of drug-likeness (QED) is 0.855. The largest absolute Gasteiger partial charge is 0.381 e. The third-order valence-corrected chi connectivity index (χ3v) is 6.32. The fourth-order valence-electron chi connectivity index (χ4n) is 2.60. The standard InChI is InChI=1S/C14H20ClNO3S/c1-16(2)20(17,18)14-6-7-19-10-12(14)8-11-4-3-5-13(15)9-11/h3-5,9,12,14H,6-8,10H2,1-2H3/t12-,14+/m1/s1. The first-order valence-electron chi connectivity index (χ1n) is 6.65. The molecule has 1 aromatic carbocycles. The van der Waals surface area contributed by atoms with E-state index < -0.39 is 10.0 Å². The Morgan fingerprint density at radius 2 is 2.15 bits per heavy atom. The SMILES string of the molecule is CN(C)S(=O)(=O)[C@H]1CCOC[C@H]1Cc1cccc(Cl)c1. The fourth-order valence-corrected chi connectivity index (χ4v) is 4.41. The van der Waals surface area contributed by atoms with E-state index in [4.69, 9.17) is 16.3 Å². The highest BCUT2D eigenvalue weighted by Gasteiger charge is 2.37. The Kier molecular flexibility index (Phi) is 5.07. The van der Waals surface area contributed by atoms with E-state index in [0.717, 1.165) is 5.56 Å². The summed E-state index contributed by atoms with van der Waals surface area (Å²) < 4.78 is 31.6. The Hall–Kier alpha value is -0.620. The second kappa shape index (κ2) is 6.43. The molecule has 1 aliphatic heterocycles. The van der Waals surface area contributed by atoms with Gasteiger partial charge >= 0.3 is 0 Å². The minimum absolute atomic E-state index is 0.0328. The van der Waals surface area contributed by atoms with Crippen molar-refractivity contribution in [2.24, 2.45) is 5.92 Å². The average molecular weight is 318 g/mol. The third kappa shape index (κ3) is 3.52. The van der Waals surface area contributed by atoms with Crippen LogP contribution in [0.15, 0.2) is 24.3 Å². The van der Waals surface area contributed by atoms with Gasteiger partial charge in [0.2, 0.25) is 10.0 Å². The van der Waals surface area contributed by atoms with Crippen molar-refractivity contribution < 1.29 is 13.2 Å². The smallest absolute Gasteiger partial charge is 0.216 e. The van der Waals surface area contributed by atoms with E-state index in [1.807, 2.05) is 24.3 Å². The van der Waals surface area contributed by atoms with Gasteiger partial charge in [0.05, 0.1) is 11.9 Å². The van der Waals surface area contributed by atoms with Crippen LogP contribution in [-0.2, 0) is 21.2 Å². The molecule has 0 bridgehead atoms. The van der Waals surface area contributed by atoms with Gasteiger partial charge in [0.25, 0.3) is 0 Å². The van der Waals surface area contributed by atoms with Crippen molar-refractivity contribution >= 4 is 21.6 Å². The lowest BCUT2D eigenvalue weighted by molar-refractivity contribution is 0.0563. The van der Waals surface area contributed by atoms with Crippen LogP contribution in [0.2, 0.25) is 5.02 Å². The lowest BCUT2D eigenvalue weighted by Crippen LogP contribution is -2.44. The van der Waals surface area contributed by atoms with Crippen molar-refractivity contribution in [2.75, 3.05) is 27.3 Å². The van der Waals surface area contributed by atoms with Crippen LogP contribution in [0.3, 0.4) is 0 Å². The summed E-state index contributed by atoms with van der Waals surface area (Å²) in [5.74, 6) is -0.0328. The topological polar surface area (TPSA) is 46.6 Å². The summed E-state index contributed by atoms with van der Waals surface area (Å²) in [6, 6.07) is 7.56. The maximum atomic E-state index is 12.4. The van der Waals surface area contributed by atoms with Gasteiger partial charge in [-0.1, -0.05) is 23.7 Å². The minimum atomic E-state index is -3.26. The van der Waals surface area contributed by atoms with Crippen molar-refractivity contribution in [3.63, 3.8) is 0 Å². The molecule has 2 atom stereocenters. The molecule has 0 aliphatic carbocycles. The molecule has 0 N–H and O–H groups in total. The Morgan fingerprint density at radius 3 is 2.80 bits per heavy atom. The highest BCUT2D eigenvalue weighted by atomic mass is 35.5. The third-order valence-electron chi connectivity index (χ3n) is 3.68. The number of rotatable bonds is 4. The molecule has 0 spiro atoms. The lowest BCUT2D eigenvalue weighted by atomic mass is 9.94. The Morgan fingerprint density at radius 1 is 1.40 bits per heavy atom. The second-order valence-corrected chi connectivity index (χ2v) is 8.13. The highest BCUT2D eigenvalue weighted by Crippen LogP contribution is 2.27. The van der Waals surface area contributed by atoms with Crippen LogP contribution in [0.25, 0.3) is 0 Å². The molecule has 4 nitrogen and oxygen atoms in total. The molecule has 1 heterocycles. The number of hydrogen-bond donors (Lipinski definition) is 0. The summed E-state index contributed by atoms with van der Waals surface area (Å²) in [4.78, 5) is 0. The second-order valence-electron chi connectivity index (χ2n) is 5.32. The van der Waals surface area contributed by atoms with E-state index in [9.17, 15) is 8.42 Å². The molecule has 0 unspecified atom stereocenters. The predicted molar refractivity (Wildman–Crippen MR) is 80.5 cm³/mol. The maximum Gasteiger partial charge on any atom is 0.216 e. The zero-order chi connectivity index (χ0) is 14.8. The normalized spacial score (nSPS) is 24.0. The van der Waals surface area contributed by atoms with Crippen molar-refractivity contribution in [1.29, 1.82) is 0 Å². The van der Waals surface area contributed by atoms with Crippen molar-refractivity contribution in [1.82, 2.24) is 4.31 Å². The number of halogens is 1. The zero-order valence-electron chi connectivity index (χ0n) is 11.8. The molecule has 2 rings (SSSR count). The fraction of sp³-hybridized carbons (Fsp3) is 0.571. The summed E-state index contributed by atoms with van der Waals surface area (Å²) in [6.45, 7) is 0.980. The van der Waals surface area contributed by atoms with Crippen molar-refractivity contribution in [2.45, 2.75) is 18.1 Å². The van der Waals surface area contributed by atoms with Crippen molar-refractivity contribution in [3.8, 4) is 0 Å². The van der Waals surface area contributed by atoms with E-state index >= 15 is 0 Å². The lowest BCUT2D eigenvalue weighted by Gasteiger charge is -2.33. The van der Waals surface area contributed by atoms with Gasteiger partial charge in [-0.05, 0) is 30.5 Å². The first-order chi connectivity index (χ1) is 9.41. The van der Waals surface area contributed by atoms with Gasteiger partial charge in [0, 0.05) is 31.6 Å². The van der Waals surface area contributed by atoms with E-state index in [0.29, 0.717) is 31.1 Å². The van der Waals surface area contributed by atoms with E-state index in [2.05, 4.69) is 0 Å². The van der Waals surface area contributed by atoms with E-state index in [1.165, 1.54) is 4.31 Å². The molecule has 0 aromatic heterocycles. The van der Waals surface area contributed by atoms with Gasteiger partial charge in [0.1, 0.15) is 0 Å². The molecule has 20 heavy (non-hydrogen) atoms. The summed E-state index contributed by atoms with van der Waals surface area (Å²) in [5, 5.41) is 0.288. The zero-order valence-corrected chi connectivity index (χ0v) is 13.3. The van der Waals surface area contributed by atoms with Gasteiger partial charge in [-0.2, -0.15) is 0 Å². The summed E-state index contributed by atoms with van der Waals surface area (Å²) >= 11 is 5.98. The first kappa shape index (κ1) is 15.8. The molecule has 1 fully saturated rings. The Labute approximate surface area is 125 Å². The monoisotopic (exact) mass is 317 g/mol. The molecular formula is C14H20ClNO3S. The summed E-state index contributed by atoms with van der Waals surface area (Å²) in [5.41, 5.74) is 1.05. The molecule has 0 saturated carbocycles.